The van der Waals surface area contributed by atoms with E-state index >= 15 is 0 Å². The van der Waals surface area contributed by atoms with Crippen molar-refractivity contribution in [2.75, 3.05) is 7.05 Å². The second-order valence-corrected chi connectivity index (χ2v) is 8.36. The van der Waals surface area contributed by atoms with E-state index in [0.29, 0.717) is 17.2 Å². The lowest BCUT2D eigenvalue weighted by Crippen LogP contribution is -2.26. The third-order valence-corrected chi connectivity index (χ3v) is 6.67. The molecule has 0 N–H and O–H groups in total. The summed E-state index contributed by atoms with van der Waals surface area (Å²) >= 11 is 8.22. The van der Waals surface area contributed by atoms with Crippen LogP contribution < -0.4 is 0 Å². The number of amides is 1. The fraction of sp³-hybridized carbons (Fsp3) is 0.188. The predicted octanol–water partition coefficient (Wildman–Crippen LogP) is 4.80. The number of fused-ring (bicyclic) bond motifs is 1. The molecule has 0 bridgehead atoms. The zero-order valence-corrected chi connectivity index (χ0v) is 16.5. The Bertz CT molecular complexity index is 875. The van der Waals surface area contributed by atoms with Crippen molar-refractivity contribution in [3.8, 4) is 0 Å². The van der Waals surface area contributed by atoms with Gasteiger partial charge < -0.3 is 4.90 Å². The first-order chi connectivity index (χ1) is 11.0. The van der Waals surface area contributed by atoms with Gasteiger partial charge in [-0.25, -0.2) is 9.97 Å². The van der Waals surface area contributed by atoms with Crippen LogP contribution in [0, 0.1) is 6.92 Å². The van der Waals surface area contributed by atoms with E-state index < -0.39 is 0 Å². The zero-order chi connectivity index (χ0) is 16.6. The molecule has 2 heterocycles. The molecule has 0 aliphatic rings. The number of aryl methyl sites for hydroxylation is 1. The van der Waals surface area contributed by atoms with Gasteiger partial charge in [-0.1, -0.05) is 18.2 Å². The maximum atomic E-state index is 12.5. The molecule has 0 saturated heterocycles. The number of hydrogen-bond acceptors (Lipinski definition) is 4. The summed E-state index contributed by atoms with van der Waals surface area (Å²) < 4.78 is 1.80. The Morgan fingerprint density at radius 1 is 1.26 bits per heavy atom. The lowest BCUT2D eigenvalue weighted by Gasteiger charge is -2.16. The smallest absolute Gasteiger partial charge is 0.264 e. The Morgan fingerprint density at radius 3 is 2.70 bits per heavy atom. The van der Waals surface area contributed by atoms with Gasteiger partial charge in [0, 0.05) is 22.6 Å². The topological polar surface area (TPSA) is 46.1 Å². The number of rotatable bonds is 3. The summed E-state index contributed by atoms with van der Waals surface area (Å²) in [5, 5.41) is 1.04. The molecule has 1 amide bonds. The molecule has 4 nitrogen and oxygen atoms in total. The molecule has 2 aromatic heterocycles. The number of nitrogens with zero attached hydrogens (tertiary/aromatic N) is 3. The van der Waals surface area contributed by atoms with Crippen LogP contribution in [0.25, 0.3) is 10.9 Å². The van der Waals surface area contributed by atoms with Crippen LogP contribution in [0.5, 0.6) is 0 Å². The van der Waals surface area contributed by atoms with E-state index in [0.717, 1.165) is 24.9 Å². The van der Waals surface area contributed by atoms with Crippen LogP contribution in [0.2, 0.25) is 0 Å². The minimum absolute atomic E-state index is 0.0455. The summed E-state index contributed by atoms with van der Waals surface area (Å²) in [5.41, 5.74) is 1.82. The molecule has 0 aliphatic heterocycles. The number of hydrogen-bond donors (Lipinski definition) is 0. The summed E-state index contributed by atoms with van der Waals surface area (Å²) in [6.45, 7) is 2.33. The number of carbonyl (C=O) groups excluding carboxylic acids is 1. The number of para-hydroxylation sites is 1. The van der Waals surface area contributed by atoms with Crippen molar-refractivity contribution < 1.29 is 4.79 Å². The van der Waals surface area contributed by atoms with E-state index in [9.17, 15) is 4.79 Å². The van der Waals surface area contributed by atoms with Crippen LogP contribution in [0.1, 0.15) is 21.2 Å². The highest BCUT2D eigenvalue weighted by Crippen LogP contribution is 2.33. The van der Waals surface area contributed by atoms with Crippen LogP contribution in [0.15, 0.2) is 38.6 Å². The number of benzene rings is 1. The molecule has 0 atom stereocenters. The largest absolute Gasteiger partial charge is 0.333 e. The van der Waals surface area contributed by atoms with E-state index in [4.69, 9.17) is 0 Å². The lowest BCUT2D eigenvalue weighted by atomic mass is 10.2. The summed E-state index contributed by atoms with van der Waals surface area (Å²) in [7, 11) is 1.76. The summed E-state index contributed by atoms with van der Waals surface area (Å²) in [6, 6.07) is 9.71. The van der Waals surface area contributed by atoms with Crippen molar-refractivity contribution in [2.45, 2.75) is 13.5 Å². The fourth-order valence-corrected chi connectivity index (χ4v) is 4.32. The normalized spacial score (nSPS) is 11.0. The molecular weight excluding hydrogens is 442 g/mol. The second kappa shape index (κ2) is 6.67. The average molecular weight is 455 g/mol. The standard InChI is InChI=1S/C16H13Br2N3OS/c1-9-10-5-3-4-6-12(10)20-14(19-9)8-21(2)16(22)13-7-11(17)15(18)23-13/h3-7H,8H2,1-2H3. The second-order valence-electron chi connectivity index (χ2n) is 5.14. The number of aromatic nitrogens is 2. The Labute approximate surface area is 154 Å². The third kappa shape index (κ3) is 3.46. The van der Waals surface area contributed by atoms with Gasteiger partial charge in [0.15, 0.2) is 0 Å². The minimum atomic E-state index is -0.0455. The van der Waals surface area contributed by atoms with Gasteiger partial charge in [-0.2, -0.15) is 0 Å². The predicted molar refractivity (Wildman–Crippen MR) is 99.8 cm³/mol. The minimum Gasteiger partial charge on any atom is -0.333 e. The quantitative estimate of drug-likeness (QED) is 0.571. The van der Waals surface area contributed by atoms with Gasteiger partial charge in [0.1, 0.15) is 5.82 Å². The first kappa shape index (κ1) is 16.5. The van der Waals surface area contributed by atoms with E-state index in [1.807, 2.05) is 37.3 Å². The lowest BCUT2D eigenvalue weighted by molar-refractivity contribution is 0.0786. The molecule has 0 fully saturated rings. The van der Waals surface area contributed by atoms with Crippen molar-refractivity contribution in [3.05, 3.63) is 55.0 Å². The molecule has 0 radical (unpaired) electrons. The van der Waals surface area contributed by atoms with Crippen LogP contribution in [-0.2, 0) is 6.54 Å². The van der Waals surface area contributed by atoms with Crippen molar-refractivity contribution in [1.29, 1.82) is 0 Å². The zero-order valence-electron chi connectivity index (χ0n) is 12.5. The van der Waals surface area contributed by atoms with Gasteiger partial charge in [0.2, 0.25) is 0 Å². The number of halogens is 2. The Balaban J connectivity index is 1.85. The molecule has 0 saturated carbocycles. The number of thiophene rings is 1. The Hall–Kier alpha value is -1.31. The van der Waals surface area contributed by atoms with Gasteiger partial charge >= 0.3 is 0 Å². The Morgan fingerprint density at radius 2 is 2.00 bits per heavy atom. The molecule has 3 aromatic rings. The highest BCUT2D eigenvalue weighted by Gasteiger charge is 2.17. The molecule has 1 aromatic carbocycles. The molecule has 118 valence electrons. The first-order valence-electron chi connectivity index (χ1n) is 6.88. The molecule has 3 rings (SSSR count). The van der Waals surface area contributed by atoms with Crippen molar-refractivity contribution in [2.24, 2.45) is 0 Å². The molecule has 0 spiro atoms. The third-order valence-electron chi connectivity index (χ3n) is 3.42. The Kier molecular flexibility index (Phi) is 4.79. The molecule has 0 aliphatic carbocycles. The van der Waals surface area contributed by atoms with Crippen molar-refractivity contribution in [3.63, 3.8) is 0 Å². The van der Waals surface area contributed by atoms with Gasteiger partial charge in [-0.05, 0) is 50.9 Å². The fourth-order valence-electron chi connectivity index (χ4n) is 2.29. The average Bonchev–Trinajstić information content (AvgIpc) is 2.86. The molecule has 0 unspecified atom stereocenters. The maximum absolute atomic E-state index is 12.5. The van der Waals surface area contributed by atoms with Crippen LogP contribution in [0.4, 0.5) is 0 Å². The first-order valence-corrected chi connectivity index (χ1v) is 9.28. The monoisotopic (exact) mass is 453 g/mol. The van der Waals surface area contributed by atoms with Gasteiger partial charge in [-0.15, -0.1) is 11.3 Å². The SMILES string of the molecule is Cc1nc(CN(C)C(=O)c2cc(Br)c(Br)s2)nc2ccccc12. The highest BCUT2D eigenvalue weighted by molar-refractivity contribution is 9.13. The van der Waals surface area contributed by atoms with Crippen molar-refractivity contribution >= 4 is 60.0 Å². The molecule has 23 heavy (non-hydrogen) atoms. The van der Waals surface area contributed by atoms with Crippen LogP contribution in [0.3, 0.4) is 0 Å². The van der Waals surface area contributed by atoms with E-state index in [1.54, 1.807) is 11.9 Å². The van der Waals surface area contributed by atoms with Gasteiger partial charge in [-0.3, -0.25) is 4.79 Å². The van der Waals surface area contributed by atoms with Gasteiger partial charge in [0.25, 0.3) is 5.91 Å². The van der Waals surface area contributed by atoms with Crippen molar-refractivity contribution in [1.82, 2.24) is 14.9 Å². The summed E-state index contributed by atoms with van der Waals surface area (Å²) in [4.78, 5) is 23.9. The van der Waals surface area contributed by atoms with E-state index in [-0.39, 0.29) is 5.91 Å². The molecular formula is C16H13Br2N3OS. The maximum Gasteiger partial charge on any atom is 0.264 e. The summed E-state index contributed by atoms with van der Waals surface area (Å²) in [5.74, 6) is 0.600. The van der Waals surface area contributed by atoms with E-state index in [1.165, 1.54) is 11.3 Å². The van der Waals surface area contributed by atoms with E-state index in [2.05, 4.69) is 41.8 Å². The summed E-state index contributed by atoms with van der Waals surface area (Å²) in [6.07, 6.45) is 0. The number of carbonyl (C=O) groups is 1. The molecule has 7 heteroatoms. The highest BCUT2D eigenvalue weighted by atomic mass is 79.9. The van der Waals surface area contributed by atoms with Gasteiger partial charge in [0.05, 0.1) is 20.7 Å². The van der Waals surface area contributed by atoms with Crippen LogP contribution in [-0.4, -0.2) is 27.8 Å². The van der Waals surface area contributed by atoms with Crippen LogP contribution >= 0.6 is 43.2 Å².